The van der Waals surface area contributed by atoms with Crippen molar-refractivity contribution in [3.05, 3.63) is 0 Å². The number of nitrogens with two attached hydrogens (primary N) is 1. The van der Waals surface area contributed by atoms with Gasteiger partial charge >= 0.3 is 0 Å². The van der Waals surface area contributed by atoms with Crippen molar-refractivity contribution < 1.29 is 4.79 Å². The Balaban J connectivity index is 2.27. The molecule has 0 radical (unpaired) electrons. The first-order chi connectivity index (χ1) is 6.63. The molecule has 1 atom stereocenters. The maximum Gasteiger partial charge on any atom is 0.149 e. The molecule has 0 spiro atoms. The third kappa shape index (κ3) is 3.39. The molecule has 1 rings (SSSR count). The van der Waals surface area contributed by atoms with Crippen LogP contribution in [-0.2, 0) is 4.79 Å². The molecule has 3 nitrogen and oxygen atoms in total. The Hall–Kier alpha value is -0.410. The molecule has 1 fully saturated rings. The third-order valence-electron chi connectivity index (χ3n) is 3.17. The van der Waals surface area contributed by atoms with E-state index in [1.54, 1.807) is 0 Å². The second kappa shape index (κ2) is 5.47. The van der Waals surface area contributed by atoms with Crippen molar-refractivity contribution in [3.8, 4) is 0 Å². The molecule has 0 aromatic heterocycles. The molecule has 0 aromatic rings. The van der Waals surface area contributed by atoms with Crippen LogP contribution < -0.4 is 5.73 Å². The van der Waals surface area contributed by atoms with Crippen molar-refractivity contribution in [1.82, 2.24) is 4.90 Å². The SMILES string of the molecule is CCC(C)C(=O)CN1CCC(N)CC1. The number of carbonyl (C=O) groups is 1. The minimum atomic E-state index is 0.214. The summed E-state index contributed by atoms with van der Waals surface area (Å²) in [6.07, 6.45) is 3.02. The fraction of sp³-hybridized carbons (Fsp3) is 0.909. The van der Waals surface area contributed by atoms with Crippen molar-refractivity contribution >= 4 is 5.78 Å². The normalized spacial score (nSPS) is 22.2. The van der Waals surface area contributed by atoms with Crippen molar-refractivity contribution in [2.75, 3.05) is 19.6 Å². The monoisotopic (exact) mass is 198 g/mol. The zero-order chi connectivity index (χ0) is 10.6. The van der Waals surface area contributed by atoms with Crippen molar-refractivity contribution in [2.24, 2.45) is 11.7 Å². The summed E-state index contributed by atoms with van der Waals surface area (Å²) >= 11 is 0. The van der Waals surface area contributed by atoms with E-state index in [1.807, 2.05) is 6.92 Å². The quantitative estimate of drug-likeness (QED) is 0.733. The van der Waals surface area contributed by atoms with Gasteiger partial charge in [-0.05, 0) is 19.3 Å². The number of hydrogen-bond acceptors (Lipinski definition) is 3. The van der Waals surface area contributed by atoms with Crippen LogP contribution in [0.2, 0.25) is 0 Å². The summed E-state index contributed by atoms with van der Waals surface area (Å²) < 4.78 is 0. The predicted octanol–water partition coefficient (Wildman–Crippen LogP) is 1.02. The van der Waals surface area contributed by atoms with E-state index in [0.717, 1.165) is 32.4 Å². The fourth-order valence-electron chi connectivity index (χ4n) is 1.71. The third-order valence-corrected chi connectivity index (χ3v) is 3.17. The van der Waals surface area contributed by atoms with Gasteiger partial charge in [0.15, 0.2) is 0 Å². The molecule has 1 unspecified atom stereocenters. The Labute approximate surface area is 86.6 Å². The number of ketones is 1. The van der Waals surface area contributed by atoms with E-state index in [9.17, 15) is 4.79 Å². The van der Waals surface area contributed by atoms with Gasteiger partial charge in [-0.25, -0.2) is 0 Å². The van der Waals surface area contributed by atoms with Crippen molar-refractivity contribution in [2.45, 2.75) is 39.2 Å². The average molecular weight is 198 g/mol. The van der Waals surface area contributed by atoms with Crippen LogP contribution in [-0.4, -0.2) is 36.4 Å². The van der Waals surface area contributed by atoms with E-state index >= 15 is 0 Å². The van der Waals surface area contributed by atoms with E-state index in [4.69, 9.17) is 5.73 Å². The first kappa shape index (κ1) is 11.7. The molecule has 1 aliphatic heterocycles. The first-order valence-electron chi connectivity index (χ1n) is 5.64. The van der Waals surface area contributed by atoms with Crippen LogP contribution in [0.3, 0.4) is 0 Å². The summed E-state index contributed by atoms with van der Waals surface area (Å²) in [5.41, 5.74) is 5.80. The number of rotatable bonds is 4. The fourth-order valence-corrected chi connectivity index (χ4v) is 1.71. The van der Waals surface area contributed by atoms with Crippen molar-refractivity contribution in [1.29, 1.82) is 0 Å². The van der Waals surface area contributed by atoms with E-state index in [0.29, 0.717) is 18.4 Å². The highest BCUT2D eigenvalue weighted by Crippen LogP contribution is 2.10. The van der Waals surface area contributed by atoms with Crippen molar-refractivity contribution in [3.63, 3.8) is 0 Å². The van der Waals surface area contributed by atoms with Gasteiger partial charge < -0.3 is 5.73 Å². The van der Waals surface area contributed by atoms with Crippen LogP contribution >= 0.6 is 0 Å². The summed E-state index contributed by atoms with van der Waals surface area (Å²) in [5, 5.41) is 0. The summed E-state index contributed by atoms with van der Waals surface area (Å²) in [4.78, 5) is 13.9. The van der Waals surface area contributed by atoms with Crippen LogP contribution in [0.4, 0.5) is 0 Å². The average Bonchev–Trinajstić information content (AvgIpc) is 2.20. The largest absolute Gasteiger partial charge is 0.328 e. The lowest BCUT2D eigenvalue weighted by atomic mass is 10.0. The molecular weight excluding hydrogens is 176 g/mol. The molecule has 14 heavy (non-hydrogen) atoms. The predicted molar refractivity (Wildman–Crippen MR) is 58.1 cm³/mol. The van der Waals surface area contributed by atoms with E-state index in [-0.39, 0.29) is 5.92 Å². The molecule has 0 aromatic carbocycles. The van der Waals surface area contributed by atoms with Gasteiger partial charge in [-0.3, -0.25) is 9.69 Å². The molecule has 1 saturated heterocycles. The Morgan fingerprint density at radius 1 is 1.50 bits per heavy atom. The Morgan fingerprint density at radius 3 is 2.57 bits per heavy atom. The highest BCUT2D eigenvalue weighted by atomic mass is 16.1. The minimum absolute atomic E-state index is 0.214. The number of hydrogen-bond donors (Lipinski definition) is 1. The summed E-state index contributed by atoms with van der Waals surface area (Å²) in [6, 6.07) is 0.352. The molecule has 82 valence electrons. The van der Waals surface area contributed by atoms with Gasteiger partial charge in [-0.1, -0.05) is 13.8 Å². The maximum absolute atomic E-state index is 11.7. The highest BCUT2D eigenvalue weighted by molar-refractivity contribution is 5.82. The van der Waals surface area contributed by atoms with E-state index < -0.39 is 0 Å². The minimum Gasteiger partial charge on any atom is -0.328 e. The second-order valence-electron chi connectivity index (χ2n) is 4.39. The Bertz CT molecular complexity index is 186. The second-order valence-corrected chi connectivity index (χ2v) is 4.39. The van der Waals surface area contributed by atoms with Crippen LogP contribution in [0.1, 0.15) is 33.1 Å². The van der Waals surface area contributed by atoms with Gasteiger partial charge in [0.1, 0.15) is 5.78 Å². The zero-order valence-corrected chi connectivity index (χ0v) is 9.33. The van der Waals surface area contributed by atoms with E-state index in [2.05, 4.69) is 11.8 Å². The molecule has 0 amide bonds. The van der Waals surface area contributed by atoms with Crippen LogP contribution in [0.25, 0.3) is 0 Å². The van der Waals surface area contributed by atoms with Crippen LogP contribution in [0, 0.1) is 5.92 Å². The molecule has 0 saturated carbocycles. The lowest BCUT2D eigenvalue weighted by Crippen LogP contribution is -2.42. The maximum atomic E-state index is 11.7. The van der Waals surface area contributed by atoms with Gasteiger partial charge in [0.2, 0.25) is 0 Å². The number of likely N-dealkylation sites (tertiary alicyclic amines) is 1. The number of Topliss-reactive ketones (excluding diaryl/α,β-unsaturated/α-hetero) is 1. The standard InChI is InChI=1S/C11H22N2O/c1-3-9(2)11(14)8-13-6-4-10(12)5-7-13/h9-10H,3-8,12H2,1-2H3. The first-order valence-corrected chi connectivity index (χ1v) is 5.64. The van der Waals surface area contributed by atoms with E-state index in [1.165, 1.54) is 0 Å². The smallest absolute Gasteiger partial charge is 0.149 e. The zero-order valence-electron chi connectivity index (χ0n) is 9.33. The molecular formula is C11H22N2O. The molecule has 2 N–H and O–H groups in total. The van der Waals surface area contributed by atoms with Gasteiger partial charge in [-0.15, -0.1) is 0 Å². The van der Waals surface area contributed by atoms with Gasteiger partial charge in [-0.2, -0.15) is 0 Å². The molecule has 1 heterocycles. The summed E-state index contributed by atoms with van der Waals surface area (Å²) in [5.74, 6) is 0.591. The summed E-state index contributed by atoms with van der Waals surface area (Å²) in [6.45, 7) is 6.68. The van der Waals surface area contributed by atoms with Gasteiger partial charge in [0.25, 0.3) is 0 Å². The van der Waals surface area contributed by atoms with Crippen LogP contribution in [0.5, 0.6) is 0 Å². The lowest BCUT2D eigenvalue weighted by Gasteiger charge is -2.30. The van der Waals surface area contributed by atoms with Crippen LogP contribution in [0.15, 0.2) is 0 Å². The molecule has 0 bridgehead atoms. The van der Waals surface area contributed by atoms with Gasteiger partial charge in [0.05, 0.1) is 6.54 Å². The number of nitrogens with zero attached hydrogens (tertiary/aromatic N) is 1. The summed E-state index contributed by atoms with van der Waals surface area (Å²) in [7, 11) is 0. The Kier molecular flexibility index (Phi) is 4.55. The highest BCUT2D eigenvalue weighted by Gasteiger charge is 2.19. The van der Waals surface area contributed by atoms with Gasteiger partial charge in [0, 0.05) is 25.0 Å². The lowest BCUT2D eigenvalue weighted by molar-refractivity contribution is -0.123. The number of piperidine rings is 1. The Morgan fingerprint density at radius 2 is 2.07 bits per heavy atom. The number of carbonyl (C=O) groups excluding carboxylic acids is 1. The molecule has 3 heteroatoms. The molecule has 0 aliphatic carbocycles. The molecule has 1 aliphatic rings. The topological polar surface area (TPSA) is 46.3 Å².